The van der Waals surface area contributed by atoms with Gasteiger partial charge >= 0.3 is 6.85 Å². The lowest BCUT2D eigenvalue weighted by Gasteiger charge is -2.42. The Kier molecular flexibility index (Phi) is 7.50. The third kappa shape index (κ3) is 5.03. The first-order valence-corrected chi connectivity index (χ1v) is 24.7. The number of anilines is 2. The van der Waals surface area contributed by atoms with E-state index in [4.69, 9.17) is 4.98 Å². The molecule has 0 amide bonds. The van der Waals surface area contributed by atoms with Crippen molar-refractivity contribution in [3.8, 4) is 45.0 Å². The summed E-state index contributed by atoms with van der Waals surface area (Å²) in [6, 6.07) is 68.6. The van der Waals surface area contributed by atoms with Gasteiger partial charge in [-0.1, -0.05) is 150 Å². The van der Waals surface area contributed by atoms with Gasteiger partial charge in [-0.15, -0.1) is 11.3 Å². The van der Waals surface area contributed by atoms with E-state index in [1.807, 2.05) is 11.3 Å². The molecule has 0 N–H and O–H groups in total. The fourth-order valence-electron chi connectivity index (χ4n) is 12.4. The van der Waals surface area contributed by atoms with Crippen LogP contribution in [0.15, 0.2) is 182 Å². The number of hydrogen-bond acceptors (Lipinski definition) is 3. The van der Waals surface area contributed by atoms with E-state index in [2.05, 4.69) is 231 Å². The van der Waals surface area contributed by atoms with Crippen molar-refractivity contribution < 1.29 is 0 Å². The van der Waals surface area contributed by atoms with E-state index in [9.17, 15) is 0 Å². The van der Waals surface area contributed by atoms with Gasteiger partial charge in [-0.3, -0.25) is 4.57 Å². The molecule has 0 spiro atoms. The fourth-order valence-corrected chi connectivity index (χ4v) is 13.5. The Labute approximate surface area is 399 Å². The van der Waals surface area contributed by atoms with Gasteiger partial charge in [-0.2, -0.15) is 0 Å². The molecule has 5 heterocycles. The highest BCUT2D eigenvalue weighted by atomic mass is 32.1. The summed E-state index contributed by atoms with van der Waals surface area (Å²) < 4.78 is 7.64. The third-order valence-corrected chi connectivity index (χ3v) is 16.8. The molecular formula is C62H45BN4S. The van der Waals surface area contributed by atoms with Gasteiger partial charge in [-0.25, -0.2) is 4.98 Å². The number of benzene rings is 9. The molecule has 6 heteroatoms. The highest BCUT2D eigenvalue weighted by Crippen LogP contribution is 2.53. The molecule has 0 radical (unpaired) electrons. The van der Waals surface area contributed by atoms with Gasteiger partial charge in [0.2, 0.25) is 0 Å². The second-order valence-electron chi connectivity index (χ2n) is 20.7. The van der Waals surface area contributed by atoms with Crippen LogP contribution in [0.1, 0.15) is 51.3 Å². The molecule has 15 rings (SSSR count). The Bertz CT molecular complexity index is 4150. The molecule has 2 aliphatic heterocycles. The molecule has 9 aromatic carbocycles. The smallest absolute Gasteiger partial charge is 0.333 e. The predicted molar refractivity (Wildman–Crippen MR) is 289 cm³/mol. The summed E-state index contributed by atoms with van der Waals surface area (Å²) in [7, 11) is 0. The minimum Gasteiger partial charge on any atom is -0.376 e. The Balaban J connectivity index is 1.12. The Morgan fingerprint density at radius 2 is 1.26 bits per heavy atom. The molecule has 12 aromatic rings. The van der Waals surface area contributed by atoms with E-state index < -0.39 is 0 Å². The Morgan fingerprint density at radius 3 is 2.07 bits per heavy atom. The van der Waals surface area contributed by atoms with E-state index >= 15 is 0 Å². The summed E-state index contributed by atoms with van der Waals surface area (Å²) in [4.78, 5) is 8.28. The van der Waals surface area contributed by atoms with Crippen LogP contribution < -0.4 is 15.7 Å². The van der Waals surface area contributed by atoms with Crippen LogP contribution in [-0.2, 0) is 10.8 Å². The summed E-state index contributed by atoms with van der Waals surface area (Å²) in [6.07, 6.45) is 0. The highest BCUT2D eigenvalue weighted by molar-refractivity contribution is 7.25. The minimum atomic E-state index is -0.147. The maximum Gasteiger partial charge on any atom is 0.333 e. The summed E-state index contributed by atoms with van der Waals surface area (Å²) in [5.74, 6) is 0.932. The van der Waals surface area contributed by atoms with Crippen LogP contribution in [0.5, 0.6) is 0 Å². The van der Waals surface area contributed by atoms with Gasteiger partial charge in [0.05, 0.1) is 22.1 Å². The third-order valence-electron chi connectivity index (χ3n) is 15.6. The van der Waals surface area contributed by atoms with E-state index in [1.54, 1.807) is 0 Å². The van der Waals surface area contributed by atoms with Crippen LogP contribution in [0.25, 0.3) is 98.0 Å². The van der Waals surface area contributed by atoms with Crippen LogP contribution in [0.3, 0.4) is 0 Å². The van der Waals surface area contributed by atoms with Gasteiger partial charge in [0.15, 0.2) is 0 Å². The van der Waals surface area contributed by atoms with Crippen molar-refractivity contribution in [2.45, 2.75) is 45.4 Å². The number of fused-ring (bicyclic) bond motifs is 15. The fraction of sp³-hybridized carbons (Fsp3) is 0.113. The quantitative estimate of drug-likeness (QED) is 0.165. The standard InChI is InChI=1S/C62H45BN4S/c1-61(2,3)37-24-26-39(27-25-37)67-53-32-47-41-21-13-15-23-56(41)68-57(47)33-46(53)42-28-29-43-45-30-49-44(40-20-12-14-22-48(40)62(49,4)5)31-52(45)66-54-35-55-51(34-50(54)63(67)58(42)59(43)66)64-60(36-16-8-6-9-17-36)65(55)38-18-10-7-11-19-38/h6-35H,1-5H3. The zero-order valence-corrected chi connectivity index (χ0v) is 39.4. The number of thiophene rings is 1. The largest absolute Gasteiger partial charge is 0.376 e. The molecule has 0 fully saturated rings. The van der Waals surface area contributed by atoms with Gasteiger partial charge < -0.3 is 9.38 Å². The van der Waals surface area contributed by atoms with E-state index in [0.29, 0.717) is 0 Å². The first-order chi connectivity index (χ1) is 33.1. The maximum absolute atomic E-state index is 5.61. The molecule has 0 atom stereocenters. The first kappa shape index (κ1) is 38.4. The van der Waals surface area contributed by atoms with Crippen LogP contribution in [0.2, 0.25) is 0 Å². The minimum absolute atomic E-state index is 0.0201. The monoisotopic (exact) mass is 888 g/mol. The van der Waals surface area contributed by atoms with Crippen LogP contribution in [0.4, 0.5) is 11.4 Å². The van der Waals surface area contributed by atoms with Crippen LogP contribution in [-0.4, -0.2) is 21.0 Å². The summed E-state index contributed by atoms with van der Waals surface area (Å²) in [5, 5.41) is 5.20. The number of aromatic nitrogens is 3. The molecule has 0 bridgehead atoms. The Morgan fingerprint density at radius 1 is 0.515 bits per heavy atom. The molecule has 1 aliphatic carbocycles. The predicted octanol–water partition coefficient (Wildman–Crippen LogP) is 15.0. The summed E-state index contributed by atoms with van der Waals surface area (Å²) in [5.41, 5.74) is 22.2. The second-order valence-corrected chi connectivity index (χ2v) is 21.8. The molecule has 68 heavy (non-hydrogen) atoms. The van der Waals surface area contributed by atoms with Crippen molar-refractivity contribution in [1.82, 2.24) is 14.1 Å². The lowest BCUT2D eigenvalue weighted by Crippen LogP contribution is -2.60. The molecule has 3 aromatic heterocycles. The van der Waals surface area contributed by atoms with Crippen LogP contribution in [0, 0.1) is 0 Å². The second kappa shape index (κ2) is 13.3. The van der Waals surface area contributed by atoms with Crippen LogP contribution >= 0.6 is 11.3 Å². The molecule has 0 unspecified atom stereocenters. The average Bonchev–Trinajstić information content (AvgIpc) is 4.08. The molecular weight excluding hydrogens is 844 g/mol. The molecule has 3 aliphatic rings. The summed E-state index contributed by atoms with van der Waals surface area (Å²) in [6.45, 7) is 11.6. The number of para-hydroxylation sites is 1. The summed E-state index contributed by atoms with van der Waals surface area (Å²) >= 11 is 1.90. The van der Waals surface area contributed by atoms with Gasteiger partial charge in [0, 0.05) is 70.2 Å². The van der Waals surface area contributed by atoms with Crippen molar-refractivity contribution in [3.05, 3.63) is 199 Å². The van der Waals surface area contributed by atoms with Gasteiger partial charge in [0.25, 0.3) is 0 Å². The lowest BCUT2D eigenvalue weighted by atomic mass is 9.44. The van der Waals surface area contributed by atoms with Crippen molar-refractivity contribution in [2.75, 3.05) is 4.81 Å². The zero-order chi connectivity index (χ0) is 45.4. The van der Waals surface area contributed by atoms with Crippen molar-refractivity contribution in [3.63, 3.8) is 0 Å². The Hall–Kier alpha value is -7.67. The SMILES string of the molecule is CC(C)(C)c1ccc(N2B3c4cc5nc(-c6ccccc6)n(-c6ccccc6)c5cc4-n4c5cc6c(cc5c5ccc(c3c54)-c3cc4sc5ccccc5c4cc32)C(C)(C)c2ccccc2-6)cc1. The molecule has 4 nitrogen and oxygen atoms in total. The number of nitrogens with zero attached hydrogens (tertiary/aromatic N) is 4. The molecule has 0 saturated carbocycles. The lowest BCUT2D eigenvalue weighted by molar-refractivity contribution is 0.590. The van der Waals surface area contributed by atoms with Gasteiger partial charge in [0.1, 0.15) is 5.82 Å². The van der Waals surface area contributed by atoms with Crippen molar-refractivity contribution in [2.24, 2.45) is 0 Å². The molecule has 322 valence electrons. The van der Waals surface area contributed by atoms with Crippen molar-refractivity contribution >= 4 is 93.5 Å². The van der Waals surface area contributed by atoms with E-state index in [0.717, 1.165) is 28.1 Å². The first-order valence-electron chi connectivity index (χ1n) is 23.9. The topological polar surface area (TPSA) is 26.0 Å². The normalized spacial score (nSPS) is 14.3. The molecule has 0 saturated heterocycles. The highest BCUT2D eigenvalue weighted by Gasteiger charge is 2.45. The van der Waals surface area contributed by atoms with E-state index in [1.165, 1.54) is 109 Å². The number of hydrogen-bond donors (Lipinski definition) is 0. The number of rotatable bonds is 3. The van der Waals surface area contributed by atoms with Gasteiger partial charge in [-0.05, 0) is 116 Å². The van der Waals surface area contributed by atoms with Crippen molar-refractivity contribution in [1.29, 1.82) is 0 Å². The zero-order valence-electron chi connectivity index (χ0n) is 38.6. The van der Waals surface area contributed by atoms with E-state index in [-0.39, 0.29) is 17.7 Å². The maximum atomic E-state index is 5.61. The number of imidazole rings is 1. The average molecular weight is 889 g/mol.